The Morgan fingerprint density at radius 1 is 0.905 bits per heavy atom. The SMILES string of the molecule is COc1ccc(OCCNCCc2ccc(Cl)cc2)cc1. The molecule has 0 aliphatic rings. The van der Waals surface area contributed by atoms with Crippen LogP contribution in [0.25, 0.3) is 0 Å². The van der Waals surface area contributed by atoms with Gasteiger partial charge in [-0.05, 0) is 54.9 Å². The highest BCUT2D eigenvalue weighted by atomic mass is 35.5. The third-order valence-electron chi connectivity index (χ3n) is 3.11. The van der Waals surface area contributed by atoms with E-state index in [4.69, 9.17) is 21.1 Å². The largest absolute Gasteiger partial charge is 0.497 e. The molecular weight excluding hydrogens is 286 g/mol. The molecule has 112 valence electrons. The van der Waals surface area contributed by atoms with Crippen LogP contribution in [0.3, 0.4) is 0 Å². The fraction of sp³-hybridized carbons (Fsp3) is 0.294. The Labute approximate surface area is 130 Å². The third kappa shape index (κ3) is 5.66. The summed E-state index contributed by atoms with van der Waals surface area (Å²) in [6.45, 7) is 2.39. The minimum absolute atomic E-state index is 0.646. The van der Waals surface area contributed by atoms with Crippen LogP contribution in [0.4, 0.5) is 0 Å². The number of methoxy groups -OCH3 is 1. The van der Waals surface area contributed by atoms with E-state index in [1.165, 1.54) is 5.56 Å². The molecule has 2 aromatic carbocycles. The molecule has 21 heavy (non-hydrogen) atoms. The van der Waals surface area contributed by atoms with E-state index < -0.39 is 0 Å². The van der Waals surface area contributed by atoms with Crippen LogP contribution in [0.1, 0.15) is 5.56 Å². The standard InChI is InChI=1S/C17H20ClNO2/c1-20-16-6-8-17(9-7-16)21-13-12-19-11-10-14-2-4-15(18)5-3-14/h2-9,19H,10-13H2,1H3. The van der Waals surface area contributed by atoms with Crippen molar-refractivity contribution >= 4 is 11.6 Å². The minimum Gasteiger partial charge on any atom is -0.497 e. The van der Waals surface area contributed by atoms with Gasteiger partial charge in [-0.1, -0.05) is 23.7 Å². The lowest BCUT2D eigenvalue weighted by Crippen LogP contribution is -2.23. The molecule has 0 unspecified atom stereocenters. The number of benzene rings is 2. The highest BCUT2D eigenvalue weighted by Crippen LogP contribution is 2.16. The zero-order chi connectivity index (χ0) is 14.9. The molecule has 0 fully saturated rings. The van der Waals surface area contributed by atoms with E-state index in [1.54, 1.807) is 7.11 Å². The maximum Gasteiger partial charge on any atom is 0.119 e. The van der Waals surface area contributed by atoms with E-state index in [0.717, 1.165) is 36.0 Å². The first-order valence-corrected chi connectivity index (χ1v) is 7.38. The Balaban J connectivity index is 1.58. The molecule has 3 nitrogen and oxygen atoms in total. The van der Waals surface area contributed by atoms with Gasteiger partial charge in [0, 0.05) is 11.6 Å². The van der Waals surface area contributed by atoms with Gasteiger partial charge >= 0.3 is 0 Å². The summed E-state index contributed by atoms with van der Waals surface area (Å²) >= 11 is 5.85. The fourth-order valence-corrected chi connectivity index (χ4v) is 2.05. The third-order valence-corrected chi connectivity index (χ3v) is 3.36. The first-order chi connectivity index (χ1) is 10.3. The number of nitrogens with one attached hydrogen (secondary N) is 1. The molecule has 2 aromatic rings. The van der Waals surface area contributed by atoms with Crippen LogP contribution in [0, 0.1) is 0 Å². The maximum absolute atomic E-state index is 5.85. The first kappa shape index (κ1) is 15.7. The lowest BCUT2D eigenvalue weighted by atomic mass is 10.1. The molecule has 0 radical (unpaired) electrons. The normalized spacial score (nSPS) is 10.4. The lowest BCUT2D eigenvalue weighted by Gasteiger charge is -2.08. The number of hydrogen-bond acceptors (Lipinski definition) is 3. The van der Waals surface area contributed by atoms with Crippen molar-refractivity contribution in [1.29, 1.82) is 0 Å². The van der Waals surface area contributed by atoms with E-state index in [-0.39, 0.29) is 0 Å². The summed E-state index contributed by atoms with van der Waals surface area (Å²) in [6, 6.07) is 15.6. The summed E-state index contributed by atoms with van der Waals surface area (Å²) in [6.07, 6.45) is 0.986. The molecule has 0 saturated carbocycles. The van der Waals surface area contributed by atoms with Crippen molar-refractivity contribution < 1.29 is 9.47 Å². The van der Waals surface area contributed by atoms with Crippen LogP contribution in [-0.4, -0.2) is 26.8 Å². The second-order valence-corrected chi connectivity index (χ2v) is 5.09. The summed E-state index contributed by atoms with van der Waals surface area (Å²) in [5.41, 5.74) is 1.28. The molecule has 0 saturated heterocycles. The Morgan fingerprint density at radius 3 is 2.24 bits per heavy atom. The quantitative estimate of drug-likeness (QED) is 0.757. The average Bonchev–Trinajstić information content (AvgIpc) is 2.53. The van der Waals surface area contributed by atoms with Gasteiger partial charge in [0.05, 0.1) is 7.11 Å². The summed E-state index contributed by atoms with van der Waals surface area (Å²) in [5.74, 6) is 1.69. The predicted octanol–water partition coefficient (Wildman–Crippen LogP) is 3.56. The molecule has 0 heterocycles. The van der Waals surface area contributed by atoms with E-state index in [9.17, 15) is 0 Å². The van der Waals surface area contributed by atoms with Crippen LogP contribution >= 0.6 is 11.6 Å². The zero-order valence-electron chi connectivity index (χ0n) is 12.1. The Bertz CT molecular complexity index is 525. The van der Waals surface area contributed by atoms with Gasteiger partial charge in [0.25, 0.3) is 0 Å². The molecule has 0 spiro atoms. The van der Waals surface area contributed by atoms with E-state index >= 15 is 0 Å². The number of hydrogen-bond donors (Lipinski definition) is 1. The van der Waals surface area contributed by atoms with Crippen molar-refractivity contribution in [2.45, 2.75) is 6.42 Å². The van der Waals surface area contributed by atoms with Crippen LogP contribution in [0.2, 0.25) is 5.02 Å². The second-order valence-electron chi connectivity index (χ2n) is 4.65. The first-order valence-electron chi connectivity index (χ1n) is 7.00. The molecule has 0 bridgehead atoms. The van der Waals surface area contributed by atoms with Crippen LogP contribution in [0.15, 0.2) is 48.5 Å². The fourth-order valence-electron chi connectivity index (χ4n) is 1.92. The van der Waals surface area contributed by atoms with Crippen molar-refractivity contribution in [3.05, 3.63) is 59.1 Å². The van der Waals surface area contributed by atoms with Gasteiger partial charge in [0.2, 0.25) is 0 Å². The van der Waals surface area contributed by atoms with Gasteiger partial charge in [-0.25, -0.2) is 0 Å². The molecule has 0 aliphatic heterocycles. The summed E-state index contributed by atoms with van der Waals surface area (Å²) < 4.78 is 10.7. The summed E-state index contributed by atoms with van der Waals surface area (Å²) in [7, 11) is 1.65. The van der Waals surface area contributed by atoms with Gasteiger partial charge in [0.15, 0.2) is 0 Å². The highest BCUT2D eigenvalue weighted by Gasteiger charge is 1.96. The zero-order valence-corrected chi connectivity index (χ0v) is 12.9. The monoisotopic (exact) mass is 305 g/mol. The smallest absolute Gasteiger partial charge is 0.119 e. The molecule has 0 atom stereocenters. The molecule has 0 aliphatic carbocycles. The summed E-state index contributed by atoms with van der Waals surface area (Å²) in [5, 5.41) is 4.14. The second kappa shape index (κ2) is 8.55. The maximum atomic E-state index is 5.85. The highest BCUT2D eigenvalue weighted by molar-refractivity contribution is 6.30. The van der Waals surface area contributed by atoms with Crippen LogP contribution in [0.5, 0.6) is 11.5 Å². The Morgan fingerprint density at radius 2 is 1.57 bits per heavy atom. The van der Waals surface area contributed by atoms with E-state index in [0.29, 0.717) is 6.61 Å². The van der Waals surface area contributed by atoms with Crippen molar-refractivity contribution in [2.75, 3.05) is 26.8 Å². The van der Waals surface area contributed by atoms with Crippen molar-refractivity contribution in [1.82, 2.24) is 5.32 Å². The van der Waals surface area contributed by atoms with Crippen LogP contribution < -0.4 is 14.8 Å². The van der Waals surface area contributed by atoms with Gasteiger partial charge in [-0.2, -0.15) is 0 Å². The average molecular weight is 306 g/mol. The van der Waals surface area contributed by atoms with E-state index in [1.807, 2.05) is 36.4 Å². The Hall–Kier alpha value is -1.71. The van der Waals surface area contributed by atoms with Crippen molar-refractivity contribution in [3.8, 4) is 11.5 Å². The van der Waals surface area contributed by atoms with E-state index in [2.05, 4.69) is 17.4 Å². The van der Waals surface area contributed by atoms with Gasteiger partial charge in [0.1, 0.15) is 18.1 Å². The lowest BCUT2D eigenvalue weighted by molar-refractivity contribution is 0.313. The molecule has 2 rings (SSSR count). The van der Waals surface area contributed by atoms with Gasteiger partial charge in [-0.3, -0.25) is 0 Å². The molecule has 1 N–H and O–H groups in total. The van der Waals surface area contributed by atoms with Crippen LogP contribution in [-0.2, 0) is 6.42 Å². The molecular formula is C17H20ClNO2. The van der Waals surface area contributed by atoms with Crippen molar-refractivity contribution in [2.24, 2.45) is 0 Å². The number of ether oxygens (including phenoxy) is 2. The summed E-state index contributed by atoms with van der Waals surface area (Å²) in [4.78, 5) is 0. The van der Waals surface area contributed by atoms with Crippen molar-refractivity contribution in [3.63, 3.8) is 0 Å². The molecule has 4 heteroatoms. The van der Waals surface area contributed by atoms with Gasteiger partial charge < -0.3 is 14.8 Å². The number of halogens is 1. The van der Waals surface area contributed by atoms with Gasteiger partial charge in [-0.15, -0.1) is 0 Å². The molecule has 0 amide bonds. The topological polar surface area (TPSA) is 30.5 Å². The molecule has 0 aromatic heterocycles. The Kier molecular flexibility index (Phi) is 6.38. The minimum atomic E-state index is 0.646. The predicted molar refractivity (Wildman–Crippen MR) is 86.5 cm³/mol. The number of rotatable bonds is 8.